The molecule has 0 spiro atoms. The van der Waals surface area contributed by atoms with Crippen LogP contribution in [-0.2, 0) is 5.66 Å². The van der Waals surface area contributed by atoms with Crippen LogP contribution >= 0.6 is 0 Å². The maximum absolute atomic E-state index is 13.6. The van der Waals surface area contributed by atoms with Crippen LogP contribution in [-0.4, -0.2) is 23.9 Å². The topological polar surface area (TPSA) is 32.3 Å². The van der Waals surface area contributed by atoms with E-state index in [2.05, 4.69) is 5.32 Å². The lowest BCUT2D eigenvalue weighted by Gasteiger charge is -2.33. The zero-order valence-electron chi connectivity index (χ0n) is 10.8. The van der Waals surface area contributed by atoms with Crippen LogP contribution in [0.1, 0.15) is 21.5 Å². The molecule has 1 fully saturated rings. The van der Waals surface area contributed by atoms with E-state index in [9.17, 15) is 9.18 Å². The van der Waals surface area contributed by atoms with Gasteiger partial charge in [0.05, 0.1) is 0 Å². The molecule has 1 saturated heterocycles. The van der Waals surface area contributed by atoms with Crippen molar-refractivity contribution in [3.05, 3.63) is 71.0 Å². The number of carbonyl (C=O) groups is 1. The summed E-state index contributed by atoms with van der Waals surface area (Å²) in [5.74, 6) is -0.280. The Morgan fingerprint density at radius 1 is 1.15 bits per heavy atom. The van der Waals surface area contributed by atoms with E-state index in [1.165, 1.54) is 12.1 Å². The Labute approximate surface area is 116 Å². The van der Waals surface area contributed by atoms with E-state index >= 15 is 0 Å². The molecule has 0 aromatic heterocycles. The Morgan fingerprint density at radius 3 is 2.85 bits per heavy atom. The lowest BCUT2D eigenvalue weighted by Crippen LogP contribution is -2.46. The molecule has 0 saturated carbocycles. The molecule has 1 N–H and O–H groups in total. The number of amides is 1. The van der Waals surface area contributed by atoms with E-state index in [-0.39, 0.29) is 11.7 Å². The third-order valence-corrected chi connectivity index (χ3v) is 4.16. The minimum atomic E-state index is -0.713. The number of hydrogen-bond acceptors (Lipinski definition) is 2. The van der Waals surface area contributed by atoms with Crippen molar-refractivity contribution >= 4 is 5.91 Å². The second-order valence-corrected chi connectivity index (χ2v) is 5.15. The zero-order chi connectivity index (χ0) is 13.7. The first-order valence-electron chi connectivity index (χ1n) is 6.66. The van der Waals surface area contributed by atoms with Crippen molar-refractivity contribution in [2.45, 2.75) is 5.66 Å². The standard InChI is InChI=1S/C16H13FN2O/c17-12-5-3-4-11(10-12)16-14-7-2-1-6-13(14)15(20)19(16)9-8-18-16/h1-7,10,18H,8-9H2. The van der Waals surface area contributed by atoms with Crippen molar-refractivity contribution in [1.82, 2.24) is 10.2 Å². The number of carbonyl (C=O) groups excluding carboxylic acids is 1. The molecule has 4 rings (SSSR count). The minimum Gasteiger partial charge on any atom is -0.311 e. The summed E-state index contributed by atoms with van der Waals surface area (Å²) < 4.78 is 13.6. The van der Waals surface area contributed by atoms with Gasteiger partial charge in [0.1, 0.15) is 11.5 Å². The monoisotopic (exact) mass is 268 g/mol. The van der Waals surface area contributed by atoms with Crippen molar-refractivity contribution in [3.8, 4) is 0 Å². The Morgan fingerprint density at radius 2 is 2.00 bits per heavy atom. The summed E-state index contributed by atoms with van der Waals surface area (Å²) >= 11 is 0. The molecule has 2 aliphatic rings. The minimum absolute atomic E-state index is 0.00913. The van der Waals surface area contributed by atoms with Gasteiger partial charge in [0.15, 0.2) is 0 Å². The van der Waals surface area contributed by atoms with Crippen LogP contribution in [0, 0.1) is 5.82 Å². The lowest BCUT2D eigenvalue weighted by atomic mass is 9.91. The average molecular weight is 268 g/mol. The van der Waals surface area contributed by atoms with E-state index in [1.807, 2.05) is 30.3 Å². The van der Waals surface area contributed by atoms with Crippen molar-refractivity contribution in [3.63, 3.8) is 0 Å². The third kappa shape index (κ3) is 1.29. The van der Waals surface area contributed by atoms with Crippen molar-refractivity contribution in [1.29, 1.82) is 0 Å². The fourth-order valence-electron chi connectivity index (χ4n) is 3.36. The molecule has 2 aromatic carbocycles. The van der Waals surface area contributed by atoms with Gasteiger partial charge >= 0.3 is 0 Å². The number of nitrogens with one attached hydrogen (secondary N) is 1. The first-order valence-corrected chi connectivity index (χ1v) is 6.66. The summed E-state index contributed by atoms with van der Waals surface area (Å²) in [6.45, 7) is 1.33. The molecule has 100 valence electrons. The van der Waals surface area contributed by atoms with Crippen LogP contribution in [0.15, 0.2) is 48.5 Å². The number of fused-ring (bicyclic) bond motifs is 3. The predicted molar refractivity (Wildman–Crippen MR) is 72.7 cm³/mol. The average Bonchev–Trinajstić information content (AvgIpc) is 3.00. The van der Waals surface area contributed by atoms with Gasteiger partial charge in [-0.1, -0.05) is 30.3 Å². The largest absolute Gasteiger partial charge is 0.311 e. The van der Waals surface area contributed by atoms with Crippen LogP contribution in [0.4, 0.5) is 4.39 Å². The van der Waals surface area contributed by atoms with Gasteiger partial charge in [-0.25, -0.2) is 4.39 Å². The molecule has 4 heteroatoms. The highest BCUT2D eigenvalue weighted by molar-refractivity contribution is 6.01. The zero-order valence-corrected chi connectivity index (χ0v) is 10.8. The van der Waals surface area contributed by atoms with Crippen molar-refractivity contribution in [2.24, 2.45) is 0 Å². The molecule has 0 radical (unpaired) electrons. The lowest BCUT2D eigenvalue weighted by molar-refractivity contribution is 0.0694. The quantitative estimate of drug-likeness (QED) is 0.859. The molecule has 0 aliphatic carbocycles. The van der Waals surface area contributed by atoms with Crippen LogP contribution in [0.2, 0.25) is 0 Å². The first kappa shape index (κ1) is 11.6. The molecule has 20 heavy (non-hydrogen) atoms. The second-order valence-electron chi connectivity index (χ2n) is 5.15. The Balaban J connectivity index is 2.01. The molecule has 3 nitrogen and oxygen atoms in total. The molecule has 2 aromatic rings. The van der Waals surface area contributed by atoms with Gasteiger partial charge < -0.3 is 4.90 Å². The second kappa shape index (κ2) is 3.90. The molecular formula is C16H13FN2O. The van der Waals surface area contributed by atoms with Crippen molar-refractivity contribution in [2.75, 3.05) is 13.1 Å². The molecular weight excluding hydrogens is 255 g/mol. The van der Waals surface area contributed by atoms with Gasteiger partial charge in [-0.15, -0.1) is 0 Å². The van der Waals surface area contributed by atoms with Crippen LogP contribution in [0.5, 0.6) is 0 Å². The normalized spacial score (nSPS) is 23.9. The summed E-state index contributed by atoms with van der Waals surface area (Å²) in [6.07, 6.45) is 0. The SMILES string of the molecule is O=C1c2ccccc2C2(c3cccc(F)c3)NCCN12. The van der Waals surface area contributed by atoms with Gasteiger partial charge in [0, 0.05) is 24.2 Å². The molecule has 1 amide bonds. The van der Waals surface area contributed by atoms with Crippen LogP contribution < -0.4 is 5.32 Å². The van der Waals surface area contributed by atoms with Gasteiger partial charge in [0.2, 0.25) is 0 Å². The number of nitrogens with zero attached hydrogens (tertiary/aromatic N) is 1. The van der Waals surface area contributed by atoms with Gasteiger partial charge in [-0.3, -0.25) is 10.1 Å². The molecule has 1 unspecified atom stereocenters. The number of halogens is 1. The first-order chi connectivity index (χ1) is 9.73. The maximum atomic E-state index is 13.6. The summed E-state index contributed by atoms with van der Waals surface area (Å²) in [5.41, 5.74) is 1.67. The Hall–Kier alpha value is -2.20. The van der Waals surface area contributed by atoms with Gasteiger partial charge in [-0.2, -0.15) is 0 Å². The highest BCUT2D eigenvalue weighted by Crippen LogP contribution is 2.44. The maximum Gasteiger partial charge on any atom is 0.256 e. The summed E-state index contributed by atoms with van der Waals surface area (Å²) in [5, 5.41) is 3.40. The van der Waals surface area contributed by atoms with Crippen LogP contribution in [0.25, 0.3) is 0 Å². The third-order valence-electron chi connectivity index (χ3n) is 4.16. The van der Waals surface area contributed by atoms with Gasteiger partial charge in [-0.05, 0) is 23.8 Å². The summed E-state index contributed by atoms with van der Waals surface area (Å²) in [6, 6.07) is 14.0. The fraction of sp³-hybridized carbons (Fsp3) is 0.188. The fourth-order valence-corrected chi connectivity index (χ4v) is 3.36. The molecule has 2 aliphatic heterocycles. The van der Waals surface area contributed by atoms with E-state index in [0.29, 0.717) is 18.7 Å². The van der Waals surface area contributed by atoms with Gasteiger partial charge in [0.25, 0.3) is 5.91 Å². The van der Waals surface area contributed by atoms with E-state index in [4.69, 9.17) is 0 Å². The molecule has 2 heterocycles. The highest BCUT2D eigenvalue weighted by Gasteiger charge is 2.53. The Bertz CT molecular complexity index is 715. The number of hydrogen-bond donors (Lipinski definition) is 1. The Kier molecular flexibility index (Phi) is 2.26. The number of rotatable bonds is 1. The number of benzene rings is 2. The summed E-state index contributed by atoms with van der Waals surface area (Å²) in [7, 11) is 0. The smallest absolute Gasteiger partial charge is 0.256 e. The van der Waals surface area contributed by atoms with Crippen molar-refractivity contribution < 1.29 is 9.18 Å². The molecule has 1 atom stereocenters. The van der Waals surface area contributed by atoms with E-state index in [1.54, 1.807) is 11.0 Å². The van der Waals surface area contributed by atoms with E-state index < -0.39 is 5.66 Å². The summed E-state index contributed by atoms with van der Waals surface area (Å²) in [4.78, 5) is 14.3. The highest BCUT2D eigenvalue weighted by atomic mass is 19.1. The molecule has 0 bridgehead atoms. The van der Waals surface area contributed by atoms with Crippen LogP contribution in [0.3, 0.4) is 0 Å². The predicted octanol–water partition coefficient (Wildman–Crippen LogP) is 2.09. The van der Waals surface area contributed by atoms with E-state index in [0.717, 1.165) is 11.1 Å².